The van der Waals surface area contributed by atoms with Gasteiger partial charge in [-0.1, -0.05) is 12.6 Å². The molecule has 2 N–H and O–H groups in total. The van der Waals surface area contributed by atoms with Crippen LogP contribution in [0.2, 0.25) is 0 Å². The minimum atomic E-state index is -5.13. The molecule has 51 heavy (non-hydrogen) atoms. The van der Waals surface area contributed by atoms with Crippen molar-refractivity contribution in [2.45, 2.75) is 63.1 Å². The molecule has 2 aromatic carbocycles. The van der Waals surface area contributed by atoms with Gasteiger partial charge in [-0.15, -0.1) is 11.3 Å². The molecule has 0 unspecified atom stereocenters. The molecule has 4 aromatic rings. The Hall–Kier alpha value is -4.62. The number of nitrogens with zero attached hydrogens (tertiary/aromatic N) is 6. The number of hydrogen-bond acceptors (Lipinski definition) is 9. The minimum absolute atomic E-state index is 0.0276. The van der Waals surface area contributed by atoms with Gasteiger partial charge in [-0.2, -0.15) is 28.4 Å². The predicted molar refractivity (Wildman–Crippen MR) is 181 cm³/mol. The molecule has 0 radical (unpaired) electrons. The first kappa shape index (κ1) is 34.8. The third-order valence-corrected chi connectivity index (χ3v) is 11.3. The number of alkyl halides is 4. The molecule has 7 rings (SSSR count). The molecule has 3 saturated heterocycles. The van der Waals surface area contributed by atoms with Gasteiger partial charge >= 0.3 is 12.2 Å². The maximum Gasteiger partial charge on any atom is 0.417 e. The number of carbonyl (C=O) groups is 1. The maximum atomic E-state index is 17.1. The molecule has 0 spiro atoms. The first-order chi connectivity index (χ1) is 24.2. The van der Waals surface area contributed by atoms with Crippen molar-refractivity contribution in [3.8, 4) is 23.2 Å². The zero-order valence-corrected chi connectivity index (χ0v) is 28.5. The lowest BCUT2D eigenvalue weighted by Gasteiger charge is -2.44. The highest BCUT2D eigenvalue weighted by Crippen LogP contribution is 2.48. The van der Waals surface area contributed by atoms with Crippen LogP contribution in [0.25, 0.3) is 32.1 Å². The number of nitrogen functional groups attached to an aromatic ring is 1. The molecule has 268 valence electrons. The lowest BCUT2D eigenvalue weighted by atomic mass is 9.92. The average molecular weight is 730 g/mol. The van der Waals surface area contributed by atoms with Crippen LogP contribution < -0.4 is 15.4 Å². The van der Waals surface area contributed by atoms with E-state index in [1.54, 1.807) is 23.6 Å². The smallest absolute Gasteiger partial charge is 0.417 e. The summed E-state index contributed by atoms with van der Waals surface area (Å²) in [6.07, 6.45) is -3.30. The van der Waals surface area contributed by atoms with Gasteiger partial charge in [0, 0.05) is 54.5 Å². The van der Waals surface area contributed by atoms with Crippen molar-refractivity contribution in [1.29, 1.82) is 5.26 Å². The first-order valence-electron chi connectivity index (χ1n) is 16.4. The van der Waals surface area contributed by atoms with Gasteiger partial charge in [-0.3, -0.25) is 9.69 Å². The summed E-state index contributed by atoms with van der Waals surface area (Å²) in [5.74, 6) is -2.59. The van der Waals surface area contributed by atoms with Gasteiger partial charge in [0.05, 0.1) is 21.4 Å². The van der Waals surface area contributed by atoms with E-state index >= 15 is 17.6 Å². The summed E-state index contributed by atoms with van der Waals surface area (Å²) in [6.45, 7) is 8.25. The fourth-order valence-electron chi connectivity index (χ4n) is 8.18. The van der Waals surface area contributed by atoms with Crippen LogP contribution in [0, 0.1) is 23.0 Å². The van der Waals surface area contributed by atoms with Gasteiger partial charge in [0.1, 0.15) is 41.0 Å². The number of benzene rings is 2. The van der Waals surface area contributed by atoms with Crippen molar-refractivity contribution >= 4 is 49.1 Å². The molecule has 16 heteroatoms. The van der Waals surface area contributed by atoms with Crippen molar-refractivity contribution in [2.24, 2.45) is 0 Å². The van der Waals surface area contributed by atoms with Crippen molar-refractivity contribution in [3.63, 3.8) is 0 Å². The van der Waals surface area contributed by atoms with E-state index in [4.69, 9.17) is 10.5 Å². The highest BCUT2D eigenvalue weighted by Gasteiger charge is 2.49. The Labute approximate surface area is 292 Å². The van der Waals surface area contributed by atoms with Crippen LogP contribution in [0.5, 0.6) is 6.01 Å². The van der Waals surface area contributed by atoms with E-state index in [-0.39, 0.29) is 82.0 Å². The van der Waals surface area contributed by atoms with E-state index in [9.17, 15) is 18.8 Å². The zero-order chi connectivity index (χ0) is 36.6. The van der Waals surface area contributed by atoms with Gasteiger partial charge in [-0.05, 0) is 57.0 Å². The summed E-state index contributed by atoms with van der Waals surface area (Å²) in [5, 5.41) is 9.19. The summed E-state index contributed by atoms with van der Waals surface area (Å²) in [5.41, 5.74) is 1.83. The number of thiophene rings is 1. The monoisotopic (exact) mass is 729 g/mol. The Bertz CT molecular complexity index is 2120. The summed E-state index contributed by atoms with van der Waals surface area (Å²) < 4.78 is 97.6. The quantitative estimate of drug-likeness (QED) is 0.170. The molecule has 3 fully saturated rings. The van der Waals surface area contributed by atoms with E-state index in [2.05, 4.69) is 16.5 Å². The first-order valence-corrected chi connectivity index (χ1v) is 17.2. The number of halogens is 6. The predicted octanol–water partition coefficient (Wildman–Crippen LogP) is 6.83. The van der Waals surface area contributed by atoms with Crippen molar-refractivity contribution in [1.82, 2.24) is 19.8 Å². The largest absolute Gasteiger partial charge is 0.461 e. The lowest BCUT2D eigenvalue weighted by Crippen LogP contribution is -2.58. The number of carbonyl (C=O) groups excluding carboxylic acids is 1. The molecule has 0 aliphatic carbocycles. The number of nitriles is 1. The fraction of sp³-hybridized carbons (Fsp3) is 0.429. The van der Waals surface area contributed by atoms with Crippen molar-refractivity contribution < 1.29 is 35.9 Å². The van der Waals surface area contributed by atoms with Crippen molar-refractivity contribution in [2.75, 3.05) is 43.4 Å². The fourth-order valence-corrected chi connectivity index (χ4v) is 9.12. The van der Waals surface area contributed by atoms with E-state index in [1.807, 2.05) is 11.0 Å². The standard InChI is InChI=1S/C35H33F6N7O2S/c1-4-25(49)48-17(2)13-46(14-18(48)3)32-21-10-23(35(39,40)41)27(20-6-7-24(37)30-26(20)22(12-42)31(43)51-30)28(38)29(21)44-33(45-32)50-16-34-8-5-9-47(34)15-19(36)11-34/h4,6-7,10,17-19H,1,5,8-9,11,13-16,43H2,2-3H3/t17-,18-,19-,34+/m1/s1. The molecule has 9 nitrogen and oxygen atoms in total. The third-order valence-electron chi connectivity index (χ3n) is 10.3. The van der Waals surface area contributed by atoms with Crippen molar-refractivity contribution in [3.05, 3.63) is 53.6 Å². The second kappa shape index (κ2) is 12.6. The molecule has 5 heterocycles. The lowest BCUT2D eigenvalue weighted by molar-refractivity contribution is -0.137. The molecular formula is C35H33F6N7O2S. The van der Waals surface area contributed by atoms with Gasteiger partial charge in [0.25, 0.3) is 0 Å². The molecule has 4 atom stereocenters. The third kappa shape index (κ3) is 5.70. The van der Waals surface area contributed by atoms with Gasteiger partial charge in [0.15, 0.2) is 5.82 Å². The number of aromatic nitrogens is 2. The normalized spacial score (nSPS) is 23.9. The van der Waals surface area contributed by atoms with E-state index in [0.717, 1.165) is 24.6 Å². The van der Waals surface area contributed by atoms with Gasteiger partial charge < -0.3 is 20.3 Å². The molecule has 3 aliphatic rings. The minimum Gasteiger partial charge on any atom is -0.461 e. The Balaban J connectivity index is 1.45. The van der Waals surface area contributed by atoms with Crippen LogP contribution >= 0.6 is 11.3 Å². The van der Waals surface area contributed by atoms with Crippen LogP contribution in [-0.4, -0.2) is 82.3 Å². The van der Waals surface area contributed by atoms with E-state index in [1.165, 1.54) is 6.08 Å². The van der Waals surface area contributed by atoms with Crippen LogP contribution in [-0.2, 0) is 11.0 Å². The summed E-state index contributed by atoms with van der Waals surface area (Å²) >= 11 is 0.675. The van der Waals surface area contributed by atoms with Crippen LogP contribution in [0.15, 0.2) is 30.9 Å². The molecule has 2 aromatic heterocycles. The zero-order valence-electron chi connectivity index (χ0n) is 27.7. The Morgan fingerprint density at radius 3 is 2.61 bits per heavy atom. The van der Waals surface area contributed by atoms with Gasteiger partial charge in [-0.25, -0.2) is 13.2 Å². The van der Waals surface area contributed by atoms with E-state index in [0.29, 0.717) is 24.3 Å². The number of hydrogen-bond donors (Lipinski definition) is 1. The average Bonchev–Trinajstić information content (AvgIpc) is 3.72. The van der Waals surface area contributed by atoms with Crippen LogP contribution in [0.3, 0.4) is 0 Å². The number of rotatable bonds is 6. The molecular weight excluding hydrogens is 696 g/mol. The summed E-state index contributed by atoms with van der Waals surface area (Å²) in [7, 11) is 0. The second-order valence-corrected chi connectivity index (χ2v) is 14.6. The SMILES string of the molecule is C=CC(=O)N1[C@H](C)CN(c2nc(OC[C@@]34CCCN3C[C@H](F)C4)nc3c(F)c(-c4ccc(F)c5sc(N)c(C#N)c45)c(C(F)(F)F)cc23)C[C@H]1C. The number of fused-ring (bicyclic) bond motifs is 3. The Morgan fingerprint density at radius 1 is 1.22 bits per heavy atom. The number of nitrogens with two attached hydrogens (primary N) is 1. The Kier molecular flexibility index (Phi) is 8.57. The molecule has 1 amide bonds. The Morgan fingerprint density at radius 2 is 1.94 bits per heavy atom. The molecule has 0 saturated carbocycles. The molecule has 0 bridgehead atoms. The van der Waals surface area contributed by atoms with E-state index < -0.39 is 58.2 Å². The number of piperazine rings is 1. The topological polar surface area (TPSA) is 112 Å². The van der Waals surface area contributed by atoms with Gasteiger partial charge in [0.2, 0.25) is 5.91 Å². The molecule has 3 aliphatic heterocycles. The van der Waals surface area contributed by atoms with Crippen LogP contribution in [0.4, 0.5) is 37.2 Å². The number of anilines is 2. The summed E-state index contributed by atoms with van der Waals surface area (Å²) in [6, 6.07) is 3.26. The highest BCUT2D eigenvalue weighted by atomic mass is 32.1. The summed E-state index contributed by atoms with van der Waals surface area (Å²) in [4.78, 5) is 26.8. The van der Waals surface area contributed by atoms with Crippen LogP contribution in [0.1, 0.15) is 44.2 Å². The highest BCUT2D eigenvalue weighted by molar-refractivity contribution is 7.23. The number of amides is 1. The number of ether oxygens (including phenoxy) is 1. The maximum absolute atomic E-state index is 17.1. The second-order valence-electron chi connectivity index (χ2n) is 13.5.